The Labute approximate surface area is 100 Å². The van der Waals surface area contributed by atoms with Gasteiger partial charge in [0.25, 0.3) is 10.1 Å². The summed E-state index contributed by atoms with van der Waals surface area (Å²) >= 11 is 0. The van der Waals surface area contributed by atoms with Crippen molar-refractivity contribution in [2.75, 3.05) is 0 Å². The third-order valence-electron chi connectivity index (χ3n) is 2.42. The maximum absolute atomic E-state index is 11.5. The van der Waals surface area contributed by atoms with Gasteiger partial charge in [0.05, 0.1) is 0 Å². The zero-order chi connectivity index (χ0) is 12.3. The van der Waals surface area contributed by atoms with Gasteiger partial charge in [-0.05, 0) is 17.2 Å². The van der Waals surface area contributed by atoms with Crippen molar-refractivity contribution in [2.45, 2.75) is 5.25 Å². The largest absolute Gasteiger partial charge is 0.285 e. The van der Waals surface area contributed by atoms with Crippen LogP contribution in [-0.4, -0.2) is 13.0 Å². The molecule has 2 rings (SSSR count). The third kappa shape index (κ3) is 2.72. The molecule has 1 atom stereocenters. The van der Waals surface area contributed by atoms with E-state index >= 15 is 0 Å². The van der Waals surface area contributed by atoms with Crippen molar-refractivity contribution < 1.29 is 13.0 Å². The molecule has 0 bridgehead atoms. The molecule has 0 aliphatic rings. The Kier molecular flexibility index (Phi) is 3.26. The fourth-order valence-corrected chi connectivity index (χ4v) is 2.68. The Morgan fingerprint density at radius 2 is 1.65 bits per heavy atom. The van der Waals surface area contributed by atoms with Crippen LogP contribution in [0, 0.1) is 6.07 Å². The van der Waals surface area contributed by atoms with Gasteiger partial charge >= 0.3 is 0 Å². The Morgan fingerprint density at radius 1 is 1.00 bits per heavy atom. The summed E-state index contributed by atoms with van der Waals surface area (Å²) in [6.07, 6.45) is 0. The van der Waals surface area contributed by atoms with Gasteiger partial charge in [0.2, 0.25) is 0 Å². The Morgan fingerprint density at radius 3 is 2.18 bits per heavy atom. The van der Waals surface area contributed by atoms with E-state index in [1.807, 2.05) is 0 Å². The van der Waals surface area contributed by atoms with E-state index in [2.05, 4.69) is 6.07 Å². The molecule has 0 fully saturated rings. The molecule has 0 aliphatic carbocycles. The van der Waals surface area contributed by atoms with Gasteiger partial charge < -0.3 is 0 Å². The molecule has 1 unspecified atom stereocenters. The Balaban J connectivity index is 2.56. The standard InChI is InChI=1S/C13H11O3S/c14-17(15,16)13(11-7-3-1-4-8-11)12-9-5-2-6-10-12/h1-9,13H,(H,14,15,16). The van der Waals surface area contributed by atoms with Gasteiger partial charge in [0, 0.05) is 0 Å². The van der Waals surface area contributed by atoms with Crippen LogP contribution in [-0.2, 0) is 10.1 Å². The van der Waals surface area contributed by atoms with Crippen LogP contribution in [0.25, 0.3) is 0 Å². The van der Waals surface area contributed by atoms with Gasteiger partial charge in [0.1, 0.15) is 5.25 Å². The quantitative estimate of drug-likeness (QED) is 0.848. The highest BCUT2D eigenvalue weighted by molar-refractivity contribution is 7.86. The van der Waals surface area contributed by atoms with E-state index in [9.17, 15) is 13.0 Å². The summed E-state index contributed by atoms with van der Waals surface area (Å²) in [5.41, 5.74) is 0.957. The number of hydrogen-bond donors (Lipinski definition) is 1. The first-order chi connectivity index (χ1) is 8.09. The summed E-state index contributed by atoms with van der Waals surface area (Å²) in [5.74, 6) is 0. The highest BCUT2D eigenvalue weighted by atomic mass is 32.2. The van der Waals surface area contributed by atoms with Crippen molar-refractivity contribution in [1.82, 2.24) is 0 Å². The fraction of sp³-hybridized carbons (Fsp3) is 0.0769. The predicted octanol–water partition coefficient (Wildman–Crippen LogP) is 2.46. The first kappa shape index (κ1) is 11.8. The first-order valence-electron chi connectivity index (χ1n) is 5.07. The molecule has 0 aromatic heterocycles. The second-order valence-corrected chi connectivity index (χ2v) is 5.12. The van der Waals surface area contributed by atoms with E-state index in [0.717, 1.165) is 0 Å². The lowest BCUT2D eigenvalue weighted by Crippen LogP contribution is -2.13. The highest BCUT2D eigenvalue weighted by Crippen LogP contribution is 2.28. The van der Waals surface area contributed by atoms with Gasteiger partial charge in [-0.1, -0.05) is 54.6 Å². The van der Waals surface area contributed by atoms with Crippen LogP contribution in [0.3, 0.4) is 0 Å². The van der Waals surface area contributed by atoms with E-state index in [4.69, 9.17) is 0 Å². The highest BCUT2D eigenvalue weighted by Gasteiger charge is 2.26. The molecule has 2 aromatic carbocycles. The van der Waals surface area contributed by atoms with Crippen molar-refractivity contribution in [3.8, 4) is 0 Å². The van der Waals surface area contributed by atoms with Crippen LogP contribution in [0.5, 0.6) is 0 Å². The molecule has 3 nitrogen and oxygen atoms in total. The maximum atomic E-state index is 11.5. The summed E-state index contributed by atoms with van der Waals surface area (Å²) in [6, 6.07) is 18.1. The van der Waals surface area contributed by atoms with Crippen molar-refractivity contribution in [3.63, 3.8) is 0 Å². The normalized spacial score (nSPS) is 11.6. The molecule has 17 heavy (non-hydrogen) atoms. The lowest BCUT2D eigenvalue weighted by atomic mass is 10.0. The zero-order valence-electron chi connectivity index (χ0n) is 8.95. The smallest absolute Gasteiger partial charge is 0.276 e. The third-order valence-corrected chi connectivity index (χ3v) is 3.54. The van der Waals surface area contributed by atoms with Crippen molar-refractivity contribution in [1.29, 1.82) is 0 Å². The Hall–Kier alpha value is -1.65. The van der Waals surface area contributed by atoms with Gasteiger partial charge in [-0.25, -0.2) is 0 Å². The summed E-state index contributed by atoms with van der Waals surface area (Å²) in [6.45, 7) is 0. The van der Waals surface area contributed by atoms with E-state index in [1.54, 1.807) is 54.6 Å². The molecule has 1 N–H and O–H groups in total. The lowest BCUT2D eigenvalue weighted by Gasteiger charge is -2.14. The molecule has 0 saturated heterocycles. The maximum Gasteiger partial charge on any atom is 0.276 e. The fourth-order valence-electron chi connectivity index (χ4n) is 1.71. The van der Waals surface area contributed by atoms with Gasteiger partial charge in [0.15, 0.2) is 0 Å². The SMILES string of the molecule is O=S(=O)(O)C(c1[c]cccc1)c1ccccc1. The lowest BCUT2D eigenvalue weighted by molar-refractivity contribution is 0.475. The topological polar surface area (TPSA) is 54.4 Å². The van der Waals surface area contributed by atoms with Crippen LogP contribution < -0.4 is 0 Å². The summed E-state index contributed by atoms with van der Waals surface area (Å²) in [4.78, 5) is 0. The minimum Gasteiger partial charge on any atom is -0.285 e. The molecule has 0 spiro atoms. The first-order valence-corrected chi connectivity index (χ1v) is 6.57. The second-order valence-electron chi connectivity index (χ2n) is 3.62. The molecule has 2 aromatic rings. The van der Waals surface area contributed by atoms with Crippen LogP contribution in [0.4, 0.5) is 0 Å². The molecule has 0 aliphatic heterocycles. The van der Waals surface area contributed by atoms with Crippen LogP contribution >= 0.6 is 0 Å². The molecular weight excluding hydrogens is 236 g/mol. The van der Waals surface area contributed by atoms with Crippen LogP contribution in [0.1, 0.15) is 16.4 Å². The average molecular weight is 247 g/mol. The average Bonchev–Trinajstić information content (AvgIpc) is 2.30. The molecule has 0 heterocycles. The molecule has 0 saturated carbocycles. The van der Waals surface area contributed by atoms with Gasteiger partial charge in [-0.2, -0.15) is 8.42 Å². The molecule has 4 heteroatoms. The number of benzene rings is 2. The van der Waals surface area contributed by atoms with Crippen LogP contribution in [0.15, 0.2) is 54.6 Å². The van der Waals surface area contributed by atoms with Crippen molar-refractivity contribution >= 4 is 10.1 Å². The van der Waals surface area contributed by atoms with Gasteiger partial charge in [-0.3, -0.25) is 4.55 Å². The predicted molar refractivity (Wildman–Crippen MR) is 65.1 cm³/mol. The van der Waals surface area contributed by atoms with E-state index < -0.39 is 15.4 Å². The summed E-state index contributed by atoms with van der Waals surface area (Å²) < 4.78 is 32.3. The van der Waals surface area contributed by atoms with E-state index in [0.29, 0.717) is 11.1 Å². The zero-order valence-corrected chi connectivity index (χ0v) is 9.76. The van der Waals surface area contributed by atoms with E-state index in [-0.39, 0.29) is 0 Å². The second kappa shape index (κ2) is 4.69. The minimum atomic E-state index is -4.20. The summed E-state index contributed by atoms with van der Waals surface area (Å²) in [5, 5.41) is -1.08. The van der Waals surface area contributed by atoms with Crippen molar-refractivity contribution in [2.24, 2.45) is 0 Å². The molecule has 87 valence electrons. The Bertz CT molecular complexity index is 537. The van der Waals surface area contributed by atoms with Crippen LogP contribution in [0.2, 0.25) is 0 Å². The van der Waals surface area contributed by atoms with Gasteiger partial charge in [-0.15, -0.1) is 0 Å². The molecular formula is C13H11O3S. The summed E-state index contributed by atoms with van der Waals surface area (Å²) in [7, 11) is -4.20. The number of rotatable bonds is 3. The van der Waals surface area contributed by atoms with Crippen molar-refractivity contribution in [3.05, 3.63) is 71.8 Å². The molecule has 0 amide bonds. The molecule has 1 radical (unpaired) electrons. The van der Waals surface area contributed by atoms with E-state index in [1.165, 1.54) is 0 Å². The number of hydrogen-bond acceptors (Lipinski definition) is 2. The monoisotopic (exact) mass is 247 g/mol. The minimum absolute atomic E-state index is 0.432.